The highest BCUT2D eigenvalue weighted by molar-refractivity contribution is 7.09. The van der Waals surface area contributed by atoms with Crippen LogP contribution in [-0.4, -0.2) is 63.2 Å². The molecule has 3 nitrogen and oxygen atoms in total. The Labute approximate surface area is 122 Å². The maximum atomic E-state index is 3.55. The molecule has 1 aromatic heterocycles. The third kappa shape index (κ3) is 8.37. The summed E-state index contributed by atoms with van der Waals surface area (Å²) in [5.74, 6) is 0. The average molecular weight is 283 g/mol. The fourth-order valence-corrected chi connectivity index (χ4v) is 2.73. The summed E-state index contributed by atoms with van der Waals surface area (Å²) >= 11 is 1.85. The predicted octanol–water partition coefficient (Wildman–Crippen LogP) is 2.15. The van der Waals surface area contributed by atoms with Crippen LogP contribution in [0.2, 0.25) is 0 Å². The number of nitrogens with one attached hydrogen (secondary N) is 1. The van der Waals surface area contributed by atoms with Crippen molar-refractivity contribution in [3.8, 4) is 0 Å². The van der Waals surface area contributed by atoms with Gasteiger partial charge in [-0.05, 0) is 44.9 Å². The van der Waals surface area contributed by atoms with Gasteiger partial charge in [-0.2, -0.15) is 0 Å². The van der Waals surface area contributed by atoms with Crippen molar-refractivity contribution in [3.63, 3.8) is 0 Å². The van der Waals surface area contributed by atoms with Crippen LogP contribution < -0.4 is 5.32 Å². The number of thiophene rings is 1. The quantitative estimate of drug-likeness (QED) is 0.628. The minimum absolute atomic E-state index is 1.09. The lowest BCUT2D eigenvalue weighted by Crippen LogP contribution is -2.37. The van der Waals surface area contributed by atoms with Crippen LogP contribution in [-0.2, 0) is 6.42 Å². The van der Waals surface area contributed by atoms with Crippen molar-refractivity contribution < 1.29 is 0 Å². The molecule has 0 radical (unpaired) electrons. The summed E-state index contributed by atoms with van der Waals surface area (Å²) in [5, 5.41) is 5.70. The van der Waals surface area contributed by atoms with Crippen molar-refractivity contribution in [2.24, 2.45) is 0 Å². The molecule has 0 spiro atoms. The molecule has 0 aromatic carbocycles. The average Bonchev–Trinajstić information content (AvgIpc) is 2.88. The van der Waals surface area contributed by atoms with E-state index in [0.717, 1.165) is 32.6 Å². The second-order valence-electron chi connectivity index (χ2n) is 5.22. The zero-order valence-corrected chi connectivity index (χ0v) is 13.5. The maximum absolute atomic E-state index is 3.55. The molecule has 1 aromatic rings. The summed E-state index contributed by atoms with van der Waals surface area (Å²) in [6, 6.07) is 4.34. The summed E-state index contributed by atoms with van der Waals surface area (Å²) in [5.41, 5.74) is 0. The van der Waals surface area contributed by atoms with Gasteiger partial charge in [0.15, 0.2) is 0 Å². The first kappa shape index (κ1) is 16.6. The van der Waals surface area contributed by atoms with Gasteiger partial charge in [0.1, 0.15) is 0 Å². The fourth-order valence-electron chi connectivity index (χ4n) is 2.02. The zero-order valence-electron chi connectivity index (χ0n) is 12.7. The van der Waals surface area contributed by atoms with Gasteiger partial charge < -0.3 is 15.1 Å². The smallest absolute Gasteiger partial charge is 0.0110 e. The van der Waals surface area contributed by atoms with E-state index in [-0.39, 0.29) is 0 Å². The molecule has 0 saturated carbocycles. The van der Waals surface area contributed by atoms with E-state index in [2.05, 4.69) is 53.6 Å². The second kappa shape index (κ2) is 10.4. The van der Waals surface area contributed by atoms with Crippen molar-refractivity contribution in [1.29, 1.82) is 0 Å². The van der Waals surface area contributed by atoms with E-state index in [1.54, 1.807) is 0 Å². The molecule has 4 heteroatoms. The number of nitrogens with zero attached hydrogens (tertiary/aromatic N) is 2. The molecule has 0 bridgehead atoms. The molecule has 110 valence electrons. The molecule has 0 fully saturated rings. The lowest BCUT2D eigenvalue weighted by Gasteiger charge is -2.23. The van der Waals surface area contributed by atoms with Gasteiger partial charge in [0.2, 0.25) is 0 Å². The number of likely N-dealkylation sites (N-methyl/N-ethyl adjacent to an activating group) is 1. The Bertz CT molecular complexity index is 298. The van der Waals surface area contributed by atoms with Crippen LogP contribution in [0.3, 0.4) is 0 Å². The van der Waals surface area contributed by atoms with Gasteiger partial charge in [0.25, 0.3) is 0 Å². The number of hydrogen-bond acceptors (Lipinski definition) is 4. The molecular formula is C15H29N3S. The van der Waals surface area contributed by atoms with E-state index in [0.29, 0.717) is 0 Å². The highest BCUT2D eigenvalue weighted by atomic mass is 32.1. The van der Waals surface area contributed by atoms with Crippen LogP contribution in [0.4, 0.5) is 0 Å². The van der Waals surface area contributed by atoms with Crippen LogP contribution in [0.15, 0.2) is 17.5 Å². The molecule has 0 amide bonds. The second-order valence-corrected chi connectivity index (χ2v) is 6.26. The van der Waals surface area contributed by atoms with Gasteiger partial charge in [-0.15, -0.1) is 11.3 Å². The van der Waals surface area contributed by atoms with Crippen LogP contribution in [0, 0.1) is 0 Å². The van der Waals surface area contributed by atoms with Crippen LogP contribution in [0.25, 0.3) is 0 Å². The lowest BCUT2D eigenvalue weighted by molar-refractivity contribution is 0.241. The Morgan fingerprint density at radius 1 is 1.11 bits per heavy atom. The van der Waals surface area contributed by atoms with Gasteiger partial charge in [0, 0.05) is 37.6 Å². The van der Waals surface area contributed by atoms with E-state index < -0.39 is 0 Å². The zero-order chi connectivity index (χ0) is 13.9. The molecule has 0 aliphatic rings. The first-order chi connectivity index (χ1) is 9.22. The Morgan fingerprint density at radius 3 is 2.58 bits per heavy atom. The highest BCUT2D eigenvalue weighted by Gasteiger charge is 2.03. The van der Waals surface area contributed by atoms with Crippen molar-refractivity contribution in [3.05, 3.63) is 22.4 Å². The molecule has 1 heterocycles. The standard InChI is InChI=1S/C15H29N3S/c1-4-10-18(13-12-17(2)3)11-9-16-8-7-15-6-5-14-19-15/h5-6,14,16H,4,7-13H2,1-3H3. The first-order valence-corrected chi connectivity index (χ1v) is 8.20. The van der Waals surface area contributed by atoms with Crippen molar-refractivity contribution in [2.75, 3.05) is 53.4 Å². The summed E-state index contributed by atoms with van der Waals surface area (Å²) in [6.07, 6.45) is 2.39. The Balaban J connectivity index is 2.06. The van der Waals surface area contributed by atoms with E-state index in [9.17, 15) is 0 Å². The monoisotopic (exact) mass is 283 g/mol. The fraction of sp³-hybridized carbons (Fsp3) is 0.733. The normalized spacial score (nSPS) is 11.6. The van der Waals surface area contributed by atoms with E-state index in [4.69, 9.17) is 0 Å². The Kier molecular flexibility index (Phi) is 9.08. The third-order valence-electron chi connectivity index (χ3n) is 3.14. The topological polar surface area (TPSA) is 18.5 Å². The molecule has 0 aliphatic heterocycles. The van der Waals surface area contributed by atoms with Gasteiger partial charge in [-0.1, -0.05) is 13.0 Å². The van der Waals surface area contributed by atoms with Gasteiger partial charge in [-0.25, -0.2) is 0 Å². The Hall–Kier alpha value is -0.420. The first-order valence-electron chi connectivity index (χ1n) is 7.32. The van der Waals surface area contributed by atoms with Gasteiger partial charge in [0.05, 0.1) is 0 Å². The van der Waals surface area contributed by atoms with Gasteiger partial charge >= 0.3 is 0 Å². The molecule has 1 rings (SSSR count). The van der Waals surface area contributed by atoms with Crippen molar-refractivity contribution in [1.82, 2.24) is 15.1 Å². The molecule has 0 unspecified atom stereocenters. The summed E-state index contributed by atoms with van der Waals surface area (Å²) in [7, 11) is 4.28. The maximum Gasteiger partial charge on any atom is 0.0110 e. The summed E-state index contributed by atoms with van der Waals surface area (Å²) < 4.78 is 0. The SMILES string of the molecule is CCCN(CCNCCc1cccs1)CCN(C)C. The molecule has 19 heavy (non-hydrogen) atoms. The van der Waals surface area contributed by atoms with Crippen LogP contribution in [0.1, 0.15) is 18.2 Å². The summed E-state index contributed by atoms with van der Waals surface area (Å²) in [6.45, 7) is 9.13. The van der Waals surface area contributed by atoms with E-state index >= 15 is 0 Å². The molecule has 0 atom stereocenters. The van der Waals surface area contributed by atoms with Crippen molar-refractivity contribution >= 4 is 11.3 Å². The molecule has 0 aliphatic carbocycles. The molecular weight excluding hydrogens is 254 g/mol. The van der Waals surface area contributed by atoms with Crippen LogP contribution >= 0.6 is 11.3 Å². The number of hydrogen-bond donors (Lipinski definition) is 1. The highest BCUT2D eigenvalue weighted by Crippen LogP contribution is 2.07. The van der Waals surface area contributed by atoms with Crippen LogP contribution in [0.5, 0.6) is 0 Å². The van der Waals surface area contributed by atoms with Gasteiger partial charge in [-0.3, -0.25) is 0 Å². The number of rotatable bonds is 11. The minimum Gasteiger partial charge on any atom is -0.315 e. The van der Waals surface area contributed by atoms with E-state index in [1.807, 2.05) is 11.3 Å². The Morgan fingerprint density at radius 2 is 1.95 bits per heavy atom. The summed E-state index contributed by atoms with van der Waals surface area (Å²) in [4.78, 5) is 6.29. The predicted molar refractivity (Wildman–Crippen MR) is 86.2 cm³/mol. The minimum atomic E-state index is 1.09. The lowest BCUT2D eigenvalue weighted by atomic mass is 10.3. The molecule has 0 saturated heterocycles. The van der Waals surface area contributed by atoms with E-state index in [1.165, 1.54) is 24.4 Å². The largest absolute Gasteiger partial charge is 0.315 e. The van der Waals surface area contributed by atoms with Crippen molar-refractivity contribution in [2.45, 2.75) is 19.8 Å². The third-order valence-corrected chi connectivity index (χ3v) is 4.07. The molecule has 1 N–H and O–H groups in total.